The Balaban J connectivity index is 2.07. The van der Waals surface area contributed by atoms with Gasteiger partial charge < -0.3 is 0 Å². The molecule has 0 bridgehead atoms. The van der Waals surface area contributed by atoms with E-state index in [2.05, 4.69) is 36.9 Å². The zero-order valence-electron chi connectivity index (χ0n) is 9.21. The summed E-state index contributed by atoms with van der Waals surface area (Å²) in [6, 6.07) is 6.87. The summed E-state index contributed by atoms with van der Waals surface area (Å²) in [7, 11) is 0. The van der Waals surface area contributed by atoms with Crippen molar-refractivity contribution in [3.63, 3.8) is 0 Å². The summed E-state index contributed by atoms with van der Waals surface area (Å²) in [5.41, 5.74) is 4.25. The van der Waals surface area contributed by atoms with E-state index in [-0.39, 0.29) is 0 Å². The van der Waals surface area contributed by atoms with Crippen LogP contribution in [0.2, 0.25) is 0 Å². The van der Waals surface area contributed by atoms with Crippen LogP contribution in [0.3, 0.4) is 0 Å². The first kappa shape index (κ1) is 9.72. The fraction of sp³-hybridized carbons (Fsp3) is 0.538. The number of rotatable bonds is 2. The summed E-state index contributed by atoms with van der Waals surface area (Å²) in [6.45, 7) is 8.07. The minimum atomic E-state index is 1.14. The average Bonchev–Trinajstić information content (AvgIpc) is 2.54. The van der Waals surface area contributed by atoms with E-state index in [4.69, 9.17) is 0 Å². The van der Waals surface area contributed by atoms with Crippen molar-refractivity contribution >= 4 is 0 Å². The van der Waals surface area contributed by atoms with E-state index in [1.165, 1.54) is 42.6 Å². The van der Waals surface area contributed by atoms with Gasteiger partial charge in [0, 0.05) is 6.54 Å². The van der Waals surface area contributed by atoms with E-state index >= 15 is 0 Å². The van der Waals surface area contributed by atoms with E-state index < -0.39 is 0 Å². The Labute approximate surface area is 86.7 Å². The lowest BCUT2D eigenvalue weighted by Gasteiger charge is -2.15. The molecule has 0 spiro atoms. The smallest absolute Gasteiger partial charge is 0.0233 e. The predicted molar refractivity (Wildman–Crippen MR) is 60.4 cm³/mol. The highest BCUT2D eigenvalue weighted by molar-refractivity contribution is 5.28. The SMILES string of the molecule is Cc1cc(C)cc(CN2CCCC2)c1. The van der Waals surface area contributed by atoms with Crippen LogP contribution < -0.4 is 0 Å². The van der Waals surface area contributed by atoms with Crippen LogP contribution in [-0.2, 0) is 6.54 Å². The van der Waals surface area contributed by atoms with Crippen LogP contribution in [0.5, 0.6) is 0 Å². The van der Waals surface area contributed by atoms with Crippen molar-refractivity contribution in [2.24, 2.45) is 0 Å². The van der Waals surface area contributed by atoms with Crippen LogP contribution in [0.25, 0.3) is 0 Å². The van der Waals surface area contributed by atoms with Crippen LogP contribution in [0.4, 0.5) is 0 Å². The van der Waals surface area contributed by atoms with Crippen LogP contribution in [0, 0.1) is 13.8 Å². The molecule has 1 aromatic carbocycles. The van der Waals surface area contributed by atoms with E-state index in [1.54, 1.807) is 0 Å². The molecule has 0 unspecified atom stereocenters. The molecule has 2 rings (SSSR count). The van der Waals surface area contributed by atoms with Gasteiger partial charge in [0.25, 0.3) is 0 Å². The Kier molecular flexibility index (Phi) is 2.87. The average molecular weight is 189 g/mol. The topological polar surface area (TPSA) is 3.24 Å². The van der Waals surface area contributed by atoms with Crippen molar-refractivity contribution in [1.29, 1.82) is 0 Å². The second-order valence-corrected chi connectivity index (χ2v) is 4.48. The molecule has 0 N–H and O–H groups in total. The van der Waals surface area contributed by atoms with Gasteiger partial charge in [0.05, 0.1) is 0 Å². The Bertz CT molecular complexity index is 291. The van der Waals surface area contributed by atoms with Crippen molar-refractivity contribution in [2.75, 3.05) is 13.1 Å². The summed E-state index contributed by atoms with van der Waals surface area (Å²) in [5, 5.41) is 0. The van der Waals surface area contributed by atoms with Gasteiger partial charge in [-0.2, -0.15) is 0 Å². The van der Waals surface area contributed by atoms with Gasteiger partial charge in [0.15, 0.2) is 0 Å². The third-order valence-electron chi connectivity index (χ3n) is 2.89. The van der Waals surface area contributed by atoms with Gasteiger partial charge in [-0.15, -0.1) is 0 Å². The molecule has 0 amide bonds. The maximum absolute atomic E-state index is 2.55. The molecular formula is C13H19N. The van der Waals surface area contributed by atoms with Crippen molar-refractivity contribution < 1.29 is 0 Å². The molecule has 1 saturated heterocycles. The van der Waals surface area contributed by atoms with Gasteiger partial charge in [0.2, 0.25) is 0 Å². The number of hydrogen-bond acceptors (Lipinski definition) is 1. The molecule has 0 aromatic heterocycles. The molecule has 1 nitrogen and oxygen atoms in total. The van der Waals surface area contributed by atoms with Crippen LogP contribution >= 0.6 is 0 Å². The maximum Gasteiger partial charge on any atom is 0.0233 e. The summed E-state index contributed by atoms with van der Waals surface area (Å²) < 4.78 is 0. The second-order valence-electron chi connectivity index (χ2n) is 4.48. The fourth-order valence-electron chi connectivity index (χ4n) is 2.36. The Morgan fingerprint density at radius 3 is 2.14 bits per heavy atom. The van der Waals surface area contributed by atoms with Gasteiger partial charge in [-0.1, -0.05) is 29.3 Å². The summed E-state index contributed by atoms with van der Waals surface area (Å²) in [4.78, 5) is 2.55. The van der Waals surface area contributed by atoms with E-state index in [0.717, 1.165) is 6.54 Å². The number of nitrogens with zero attached hydrogens (tertiary/aromatic N) is 1. The van der Waals surface area contributed by atoms with E-state index in [9.17, 15) is 0 Å². The zero-order chi connectivity index (χ0) is 9.97. The lowest BCUT2D eigenvalue weighted by Crippen LogP contribution is -2.18. The van der Waals surface area contributed by atoms with Gasteiger partial charge >= 0.3 is 0 Å². The molecule has 0 radical (unpaired) electrons. The Hall–Kier alpha value is -0.820. The molecule has 0 saturated carbocycles. The fourth-order valence-corrected chi connectivity index (χ4v) is 2.36. The second kappa shape index (κ2) is 4.14. The van der Waals surface area contributed by atoms with Crippen LogP contribution in [0.1, 0.15) is 29.5 Å². The van der Waals surface area contributed by atoms with Crippen molar-refractivity contribution in [3.05, 3.63) is 34.9 Å². The molecule has 0 aliphatic carbocycles. The van der Waals surface area contributed by atoms with Gasteiger partial charge in [-0.3, -0.25) is 4.90 Å². The molecule has 1 heterocycles. The molecule has 0 atom stereocenters. The monoisotopic (exact) mass is 189 g/mol. The standard InChI is InChI=1S/C13H19N/c1-11-7-12(2)9-13(8-11)10-14-5-3-4-6-14/h7-9H,3-6,10H2,1-2H3. The highest BCUT2D eigenvalue weighted by Gasteiger charge is 2.11. The first-order chi connectivity index (χ1) is 6.74. The van der Waals surface area contributed by atoms with E-state index in [1.807, 2.05) is 0 Å². The summed E-state index contributed by atoms with van der Waals surface area (Å²) >= 11 is 0. The van der Waals surface area contributed by atoms with E-state index in [0.29, 0.717) is 0 Å². The number of benzene rings is 1. The molecule has 1 heteroatoms. The van der Waals surface area contributed by atoms with Crippen molar-refractivity contribution in [3.8, 4) is 0 Å². The van der Waals surface area contributed by atoms with Crippen molar-refractivity contribution in [2.45, 2.75) is 33.2 Å². The number of hydrogen-bond donors (Lipinski definition) is 0. The minimum Gasteiger partial charge on any atom is -0.299 e. The molecule has 1 aliphatic rings. The molecule has 1 aromatic rings. The van der Waals surface area contributed by atoms with Gasteiger partial charge in [0.1, 0.15) is 0 Å². The largest absolute Gasteiger partial charge is 0.299 e. The molecular weight excluding hydrogens is 170 g/mol. The van der Waals surface area contributed by atoms with Gasteiger partial charge in [-0.05, 0) is 45.3 Å². The number of likely N-dealkylation sites (tertiary alicyclic amines) is 1. The molecule has 1 fully saturated rings. The number of aryl methyl sites for hydroxylation is 2. The first-order valence-corrected chi connectivity index (χ1v) is 5.53. The first-order valence-electron chi connectivity index (χ1n) is 5.53. The maximum atomic E-state index is 2.55. The lowest BCUT2D eigenvalue weighted by molar-refractivity contribution is 0.331. The third kappa shape index (κ3) is 2.36. The zero-order valence-corrected chi connectivity index (χ0v) is 9.21. The molecule has 14 heavy (non-hydrogen) atoms. The normalized spacial score (nSPS) is 17.6. The van der Waals surface area contributed by atoms with Crippen LogP contribution in [0.15, 0.2) is 18.2 Å². The molecule has 1 aliphatic heterocycles. The molecule has 76 valence electrons. The Morgan fingerprint density at radius 1 is 1.00 bits per heavy atom. The minimum absolute atomic E-state index is 1.14. The third-order valence-corrected chi connectivity index (χ3v) is 2.89. The quantitative estimate of drug-likeness (QED) is 0.691. The predicted octanol–water partition coefficient (Wildman–Crippen LogP) is 2.90. The van der Waals surface area contributed by atoms with Gasteiger partial charge in [-0.25, -0.2) is 0 Å². The summed E-state index contributed by atoms with van der Waals surface area (Å²) in [5.74, 6) is 0. The highest BCUT2D eigenvalue weighted by atomic mass is 15.1. The summed E-state index contributed by atoms with van der Waals surface area (Å²) in [6.07, 6.45) is 2.76. The van der Waals surface area contributed by atoms with Crippen LogP contribution in [-0.4, -0.2) is 18.0 Å². The Morgan fingerprint density at radius 2 is 1.57 bits per heavy atom. The van der Waals surface area contributed by atoms with Crippen molar-refractivity contribution in [1.82, 2.24) is 4.90 Å². The lowest BCUT2D eigenvalue weighted by atomic mass is 10.1. The highest BCUT2D eigenvalue weighted by Crippen LogP contribution is 2.15.